The van der Waals surface area contributed by atoms with E-state index in [1.807, 2.05) is 24.3 Å². The van der Waals surface area contributed by atoms with Crippen LogP contribution in [-0.2, 0) is 17.6 Å². The summed E-state index contributed by atoms with van der Waals surface area (Å²) in [6.45, 7) is 0.451. The van der Waals surface area contributed by atoms with Crippen LogP contribution in [0.4, 0.5) is 0 Å². The number of nitrogens with two attached hydrogens (primary N) is 1. The summed E-state index contributed by atoms with van der Waals surface area (Å²) in [6.07, 6.45) is 1.03. The molecule has 4 N–H and O–H groups in total. The summed E-state index contributed by atoms with van der Waals surface area (Å²) in [5.41, 5.74) is 7.94. The molecule has 0 fully saturated rings. The lowest BCUT2D eigenvalue weighted by Gasteiger charge is -2.14. The number of hydrogen-bond acceptors (Lipinski definition) is 4. The Labute approximate surface area is 191 Å². The maximum atomic E-state index is 12.3. The Morgan fingerprint density at radius 2 is 1.59 bits per heavy atom. The van der Waals surface area contributed by atoms with Gasteiger partial charge in [-0.05, 0) is 112 Å². The van der Waals surface area contributed by atoms with Crippen molar-refractivity contribution in [2.75, 3.05) is 13.7 Å². The van der Waals surface area contributed by atoms with E-state index in [2.05, 4.69) is 69.0 Å². The Morgan fingerprint density at radius 1 is 1.07 bits per heavy atom. The molecule has 0 bridgehead atoms. The van der Waals surface area contributed by atoms with E-state index in [0.717, 1.165) is 20.1 Å². The molecule has 27 heavy (non-hydrogen) atoms. The highest BCUT2D eigenvalue weighted by atomic mass is 79.9. The molecule has 0 saturated carbocycles. The Hall–Kier alpha value is -0.610. The number of phenolic OH excluding ortho intramolecular Hbond substituents is 1. The van der Waals surface area contributed by atoms with Gasteiger partial charge in [-0.3, -0.25) is 4.79 Å². The average Bonchev–Trinajstić information content (AvgIpc) is 2.59. The molecule has 1 amide bonds. The molecule has 2 aromatic rings. The third-order valence-electron chi connectivity index (χ3n) is 3.84. The van der Waals surface area contributed by atoms with Crippen LogP contribution >= 0.6 is 63.7 Å². The highest BCUT2D eigenvalue weighted by Crippen LogP contribution is 2.35. The Bertz CT molecular complexity index is 799. The molecule has 2 aromatic carbocycles. The maximum Gasteiger partial charge on any atom is 0.237 e. The number of nitrogens with one attached hydrogen (secondary N) is 1. The van der Waals surface area contributed by atoms with Crippen molar-refractivity contribution in [3.05, 3.63) is 53.3 Å². The number of amides is 1. The molecule has 9 heteroatoms. The van der Waals surface area contributed by atoms with E-state index in [-0.39, 0.29) is 11.7 Å². The van der Waals surface area contributed by atoms with E-state index in [1.165, 1.54) is 0 Å². The number of hydrogen-bond donors (Lipinski definition) is 3. The highest BCUT2D eigenvalue weighted by Gasteiger charge is 2.16. The monoisotopic (exact) mass is 626 g/mol. The number of halogens is 4. The molecule has 0 heterocycles. The second-order valence-corrected chi connectivity index (χ2v) is 9.27. The highest BCUT2D eigenvalue weighted by molar-refractivity contribution is 9.11. The van der Waals surface area contributed by atoms with Crippen molar-refractivity contribution in [1.82, 2.24) is 5.32 Å². The Kier molecular flexibility index (Phi) is 8.61. The van der Waals surface area contributed by atoms with Gasteiger partial charge in [0.1, 0.15) is 11.5 Å². The van der Waals surface area contributed by atoms with Gasteiger partial charge in [-0.1, -0.05) is 0 Å². The molecule has 0 spiro atoms. The van der Waals surface area contributed by atoms with E-state index >= 15 is 0 Å². The number of carbonyl (C=O) groups is 1. The van der Waals surface area contributed by atoms with Gasteiger partial charge in [0, 0.05) is 6.54 Å². The normalized spacial score (nSPS) is 11.9. The minimum atomic E-state index is -0.657. The summed E-state index contributed by atoms with van der Waals surface area (Å²) in [5, 5.41) is 12.6. The average molecular weight is 630 g/mol. The van der Waals surface area contributed by atoms with Gasteiger partial charge in [-0.2, -0.15) is 0 Å². The van der Waals surface area contributed by atoms with Crippen LogP contribution in [0.25, 0.3) is 0 Å². The lowest BCUT2D eigenvalue weighted by molar-refractivity contribution is -0.122. The first-order valence-corrected chi connectivity index (χ1v) is 11.1. The predicted octanol–water partition coefficient (Wildman–Crippen LogP) is 4.68. The summed E-state index contributed by atoms with van der Waals surface area (Å²) in [7, 11) is 1.59. The van der Waals surface area contributed by atoms with Gasteiger partial charge in [0.05, 0.1) is 31.0 Å². The van der Waals surface area contributed by atoms with Crippen molar-refractivity contribution >= 4 is 69.6 Å². The van der Waals surface area contributed by atoms with E-state index in [1.54, 1.807) is 7.11 Å². The van der Waals surface area contributed by atoms with Gasteiger partial charge in [-0.25, -0.2) is 0 Å². The van der Waals surface area contributed by atoms with Crippen LogP contribution in [0.1, 0.15) is 11.1 Å². The summed E-state index contributed by atoms with van der Waals surface area (Å²) in [6, 6.07) is 6.76. The van der Waals surface area contributed by atoms with E-state index in [0.29, 0.717) is 34.1 Å². The molecule has 0 radical (unpaired) electrons. The second kappa shape index (κ2) is 10.2. The zero-order chi connectivity index (χ0) is 20.1. The number of methoxy groups -OCH3 is 1. The minimum absolute atomic E-state index is 0.154. The summed E-state index contributed by atoms with van der Waals surface area (Å²) in [4.78, 5) is 12.3. The van der Waals surface area contributed by atoms with Gasteiger partial charge in [0.15, 0.2) is 0 Å². The van der Waals surface area contributed by atoms with Gasteiger partial charge < -0.3 is 20.9 Å². The van der Waals surface area contributed by atoms with Gasteiger partial charge in [-0.15, -0.1) is 0 Å². The SMILES string of the molecule is COc1c(Br)cc(C[C@H](N)C(=O)NCCc2cc(Br)c(O)c(Br)c2)cc1Br. The van der Waals surface area contributed by atoms with Crippen LogP contribution in [-0.4, -0.2) is 30.7 Å². The van der Waals surface area contributed by atoms with Crippen molar-refractivity contribution in [1.29, 1.82) is 0 Å². The summed E-state index contributed by atoms with van der Waals surface area (Å²) < 4.78 is 8.07. The van der Waals surface area contributed by atoms with Crippen LogP contribution < -0.4 is 15.8 Å². The van der Waals surface area contributed by atoms with E-state index in [4.69, 9.17) is 10.5 Å². The number of carbonyl (C=O) groups excluding carboxylic acids is 1. The van der Waals surface area contributed by atoms with Crippen molar-refractivity contribution in [2.24, 2.45) is 5.73 Å². The molecular weight excluding hydrogens is 612 g/mol. The van der Waals surface area contributed by atoms with Gasteiger partial charge in [0.2, 0.25) is 5.91 Å². The minimum Gasteiger partial charge on any atom is -0.506 e. The lowest BCUT2D eigenvalue weighted by Crippen LogP contribution is -2.42. The van der Waals surface area contributed by atoms with Crippen LogP contribution in [0.3, 0.4) is 0 Å². The molecule has 5 nitrogen and oxygen atoms in total. The van der Waals surface area contributed by atoms with Gasteiger partial charge in [0.25, 0.3) is 0 Å². The fourth-order valence-electron chi connectivity index (χ4n) is 2.50. The summed E-state index contributed by atoms with van der Waals surface area (Å²) in [5.74, 6) is 0.639. The summed E-state index contributed by atoms with van der Waals surface area (Å²) >= 11 is 13.5. The molecular formula is C18H18Br4N2O3. The van der Waals surface area contributed by atoms with Crippen LogP contribution in [0.2, 0.25) is 0 Å². The quantitative estimate of drug-likeness (QED) is 0.416. The topological polar surface area (TPSA) is 84.6 Å². The van der Waals surface area contributed by atoms with Crippen LogP contribution in [0.5, 0.6) is 11.5 Å². The largest absolute Gasteiger partial charge is 0.506 e. The fraction of sp³-hybridized carbons (Fsp3) is 0.278. The fourth-order valence-corrected chi connectivity index (χ4v) is 5.38. The smallest absolute Gasteiger partial charge is 0.237 e. The Morgan fingerprint density at radius 3 is 2.11 bits per heavy atom. The predicted molar refractivity (Wildman–Crippen MR) is 120 cm³/mol. The van der Waals surface area contributed by atoms with Crippen LogP contribution in [0, 0.1) is 0 Å². The molecule has 0 aliphatic heterocycles. The molecule has 2 rings (SSSR count). The number of phenols is 1. The number of benzene rings is 2. The molecule has 0 aliphatic carbocycles. The van der Waals surface area contributed by atoms with Crippen LogP contribution in [0.15, 0.2) is 42.2 Å². The first kappa shape index (κ1) is 22.7. The van der Waals surface area contributed by atoms with Crippen molar-refractivity contribution in [3.8, 4) is 11.5 Å². The van der Waals surface area contributed by atoms with Crippen molar-refractivity contribution < 1.29 is 14.6 Å². The van der Waals surface area contributed by atoms with Gasteiger partial charge >= 0.3 is 0 Å². The maximum absolute atomic E-state index is 12.3. The van der Waals surface area contributed by atoms with Crippen molar-refractivity contribution in [2.45, 2.75) is 18.9 Å². The second-order valence-electron chi connectivity index (χ2n) is 5.85. The standard InChI is InChI=1S/C18H18Br4N2O3/c1-27-17-13(21)6-10(7-14(17)22)8-15(23)18(26)24-3-2-9-4-11(19)16(25)12(20)5-9/h4-7,15,25H,2-3,8,23H2,1H3,(H,24,26)/t15-/m0/s1. The zero-order valence-electron chi connectivity index (χ0n) is 14.4. The molecule has 146 valence electrons. The first-order valence-electron chi connectivity index (χ1n) is 7.95. The van der Waals surface area contributed by atoms with Crippen molar-refractivity contribution in [3.63, 3.8) is 0 Å². The van der Waals surface area contributed by atoms with E-state index in [9.17, 15) is 9.90 Å². The third-order valence-corrected chi connectivity index (χ3v) is 6.23. The zero-order valence-corrected chi connectivity index (χ0v) is 20.7. The molecule has 1 atom stereocenters. The lowest BCUT2D eigenvalue weighted by atomic mass is 10.1. The van der Waals surface area contributed by atoms with E-state index < -0.39 is 6.04 Å². The molecule has 0 saturated heterocycles. The Balaban J connectivity index is 1.91. The first-order chi connectivity index (χ1) is 12.7. The molecule has 0 unspecified atom stereocenters. The molecule has 0 aliphatic rings. The number of aromatic hydroxyl groups is 1. The number of rotatable bonds is 7. The molecule has 0 aromatic heterocycles. The number of ether oxygens (including phenoxy) is 1. The third kappa shape index (κ3) is 6.19.